The molecule has 0 aliphatic carbocycles. The van der Waals surface area contributed by atoms with Gasteiger partial charge in [0.2, 0.25) is 0 Å². The fourth-order valence-electron chi connectivity index (χ4n) is 1.45. The summed E-state index contributed by atoms with van der Waals surface area (Å²) in [5.41, 5.74) is 1.81. The first-order valence-corrected chi connectivity index (χ1v) is 4.26. The van der Waals surface area contributed by atoms with Crippen LogP contribution in [0.1, 0.15) is 18.2 Å². The Hall–Kier alpha value is -2.09. The highest BCUT2D eigenvalue weighted by atomic mass is 16.1. The predicted molar refractivity (Wildman–Crippen MR) is 50.8 cm³/mol. The maximum absolute atomic E-state index is 11.3. The molecule has 0 amide bonds. The lowest BCUT2D eigenvalue weighted by Crippen LogP contribution is -2.05. The third-order valence-corrected chi connectivity index (χ3v) is 2.13. The van der Waals surface area contributed by atoms with Crippen LogP contribution in [0, 0.1) is 11.3 Å². The summed E-state index contributed by atoms with van der Waals surface area (Å²) in [6.07, 6.45) is 1.98. The Labute approximate surface area is 79.4 Å². The fourth-order valence-corrected chi connectivity index (χ4v) is 1.45. The predicted octanol–water partition coefficient (Wildman–Crippen LogP) is 0.685. The second kappa shape index (κ2) is 3.00. The van der Waals surface area contributed by atoms with Gasteiger partial charge in [0, 0.05) is 5.69 Å². The molecule has 0 bridgehead atoms. The van der Waals surface area contributed by atoms with Crippen LogP contribution >= 0.6 is 0 Å². The number of aromatic amines is 2. The Bertz CT molecular complexity index is 572. The van der Waals surface area contributed by atoms with E-state index in [9.17, 15) is 4.79 Å². The van der Waals surface area contributed by atoms with E-state index in [2.05, 4.69) is 21.0 Å². The maximum Gasteiger partial charge on any atom is 0.275 e. The van der Waals surface area contributed by atoms with E-state index in [1.165, 1.54) is 6.33 Å². The van der Waals surface area contributed by atoms with Crippen LogP contribution < -0.4 is 5.56 Å². The lowest BCUT2D eigenvalue weighted by molar-refractivity contribution is 1.06. The SMILES string of the molecule is CCc1[nH]c2c(=O)[nH]cnc2c1C#N. The van der Waals surface area contributed by atoms with Crippen LogP contribution in [0.5, 0.6) is 0 Å². The molecule has 0 spiro atoms. The van der Waals surface area contributed by atoms with Crippen molar-refractivity contribution >= 4 is 11.0 Å². The first-order chi connectivity index (χ1) is 6.77. The van der Waals surface area contributed by atoms with Gasteiger partial charge in [-0.25, -0.2) is 4.98 Å². The van der Waals surface area contributed by atoms with Crippen LogP contribution in [0.15, 0.2) is 11.1 Å². The highest BCUT2D eigenvalue weighted by Gasteiger charge is 2.12. The molecule has 0 atom stereocenters. The van der Waals surface area contributed by atoms with Gasteiger partial charge in [0.25, 0.3) is 5.56 Å². The normalized spacial score (nSPS) is 10.3. The number of nitriles is 1. The van der Waals surface area contributed by atoms with Crippen LogP contribution in [0.3, 0.4) is 0 Å². The minimum Gasteiger partial charge on any atom is -0.351 e. The van der Waals surface area contributed by atoms with Gasteiger partial charge in [0.15, 0.2) is 0 Å². The quantitative estimate of drug-likeness (QED) is 0.690. The fraction of sp³-hybridized carbons (Fsp3) is 0.222. The van der Waals surface area contributed by atoms with Gasteiger partial charge in [0.1, 0.15) is 17.1 Å². The zero-order valence-electron chi connectivity index (χ0n) is 7.59. The lowest BCUT2D eigenvalue weighted by Gasteiger charge is -1.87. The minimum absolute atomic E-state index is 0.244. The number of hydrogen-bond donors (Lipinski definition) is 2. The largest absolute Gasteiger partial charge is 0.351 e. The van der Waals surface area contributed by atoms with Gasteiger partial charge in [-0.1, -0.05) is 6.92 Å². The topological polar surface area (TPSA) is 85.3 Å². The van der Waals surface area contributed by atoms with E-state index in [0.717, 1.165) is 5.69 Å². The van der Waals surface area contributed by atoms with Gasteiger partial charge in [-0.05, 0) is 6.42 Å². The molecule has 2 N–H and O–H groups in total. The molecule has 0 fully saturated rings. The summed E-state index contributed by atoms with van der Waals surface area (Å²) < 4.78 is 0. The zero-order chi connectivity index (χ0) is 10.1. The summed E-state index contributed by atoms with van der Waals surface area (Å²) in [5, 5.41) is 8.91. The van der Waals surface area contributed by atoms with Gasteiger partial charge in [0.05, 0.1) is 11.9 Å². The monoisotopic (exact) mass is 188 g/mol. The van der Waals surface area contributed by atoms with Gasteiger partial charge in [-0.15, -0.1) is 0 Å². The molecule has 5 heteroatoms. The number of nitrogens with zero attached hydrogens (tertiary/aromatic N) is 2. The molecule has 2 aromatic rings. The molecule has 14 heavy (non-hydrogen) atoms. The first kappa shape index (κ1) is 8.51. The van der Waals surface area contributed by atoms with Crippen LogP contribution in [0.4, 0.5) is 0 Å². The van der Waals surface area contributed by atoms with Crippen molar-refractivity contribution in [2.24, 2.45) is 0 Å². The number of nitrogens with one attached hydrogen (secondary N) is 2. The van der Waals surface area contributed by atoms with E-state index in [0.29, 0.717) is 23.0 Å². The molecular weight excluding hydrogens is 180 g/mol. The molecule has 2 aromatic heterocycles. The van der Waals surface area contributed by atoms with Crippen molar-refractivity contribution in [2.45, 2.75) is 13.3 Å². The zero-order valence-corrected chi connectivity index (χ0v) is 7.59. The third-order valence-electron chi connectivity index (χ3n) is 2.13. The van der Waals surface area contributed by atoms with Crippen LogP contribution in [0.2, 0.25) is 0 Å². The Kier molecular flexibility index (Phi) is 1.82. The summed E-state index contributed by atoms with van der Waals surface area (Å²) in [6, 6.07) is 2.05. The molecule has 0 saturated heterocycles. The molecular formula is C9H8N4O. The highest BCUT2D eigenvalue weighted by molar-refractivity contribution is 5.82. The molecule has 0 aliphatic rings. The standard InChI is InChI=1S/C9H8N4O/c1-2-6-5(3-10)7-8(13-6)9(14)12-4-11-7/h4,13H,2H2,1H3,(H,11,12,14). The first-order valence-electron chi connectivity index (χ1n) is 4.26. The van der Waals surface area contributed by atoms with Crippen molar-refractivity contribution < 1.29 is 0 Å². The maximum atomic E-state index is 11.3. The Morgan fingerprint density at radius 3 is 3.07 bits per heavy atom. The Morgan fingerprint density at radius 2 is 2.43 bits per heavy atom. The minimum atomic E-state index is -0.244. The van der Waals surface area contributed by atoms with Crippen molar-refractivity contribution in [1.82, 2.24) is 15.0 Å². The number of hydrogen-bond acceptors (Lipinski definition) is 3. The number of aryl methyl sites for hydroxylation is 1. The van der Waals surface area contributed by atoms with Crippen molar-refractivity contribution in [3.63, 3.8) is 0 Å². The summed E-state index contributed by atoms with van der Waals surface area (Å²) in [7, 11) is 0. The molecule has 0 aliphatic heterocycles. The summed E-state index contributed by atoms with van der Waals surface area (Å²) in [4.78, 5) is 20.7. The van der Waals surface area contributed by atoms with Crippen molar-refractivity contribution in [3.8, 4) is 6.07 Å². The number of fused-ring (bicyclic) bond motifs is 1. The van der Waals surface area contributed by atoms with Gasteiger partial charge in [-0.3, -0.25) is 4.79 Å². The molecule has 2 rings (SSSR count). The number of aromatic nitrogens is 3. The molecule has 0 saturated carbocycles. The second-order valence-electron chi connectivity index (χ2n) is 2.90. The van der Waals surface area contributed by atoms with Crippen LogP contribution in [-0.4, -0.2) is 15.0 Å². The smallest absolute Gasteiger partial charge is 0.275 e. The van der Waals surface area contributed by atoms with E-state index in [4.69, 9.17) is 5.26 Å². The van der Waals surface area contributed by atoms with Crippen LogP contribution in [0.25, 0.3) is 11.0 Å². The Morgan fingerprint density at radius 1 is 1.64 bits per heavy atom. The summed E-state index contributed by atoms with van der Waals surface area (Å²) in [6.45, 7) is 1.92. The van der Waals surface area contributed by atoms with Gasteiger partial charge < -0.3 is 9.97 Å². The highest BCUT2D eigenvalue weighted by Crippen LogP contribution is 2.16. The molecule has 0 unspecified atom stereocenters. The summed E-state index contributed by atoms with van der Waals surface area (Å²) in [5.74, 6) is 0. The Balaban J connectivity index is 2.95. The molecule has 0 aromatic carbocycles. The van der Waals surface area contributed by atoms with E-state index in [1.54, 1.807) is 0 Å². The lowest BCUT2D eigenvalue weighted by atomic mass is 10.2. The van der Waals surface area contributed by atoms with Crippen molar-refractivity contribution in [3.05, 3.63) is 27.9 Å². The molecule has 0 radical (unpaired) electrons. The van der Waals surface area contributed by atoms with Crippen molar-refractivity contribution in [2.75, 3.05) is 0 Å². The molecule has 70 valence electrons. The molecule has 2 heterocycles. The number of rotatable bonds is 1. The van der Waals surface area contributed by atoms with Gasteiger partial charge >= 0.3 is 0 Å². The molecule has 5 nitrogen and oxygen atoms in total. The summed E-state index contributed by atoms with van der Waals surface area (Å²) >= 11 is 0. The third kappa shape index (κ3) is 1.01. The van der Waals surface area contributed by atoms with E-state index in [1.807, 2.05) is 6.92 Å². The average Bonchev–Trinajstić information content (AvgIpc) is 2.57. The average molecular weight is 188 g/mol. The van der Waals surface area contributed by atoms with E-state index < -0.39 is 0 Å². The van der Waals surface area contributed by atoms with Crippen molar-refractivity contribution in [1.29, 1.82) is 5.26 Å². The van der Waals surface area contributed by atoms with E-state index >= 15 is 0 Å². The van der Waals surface area contributed by atoms with Crippen LogP contribution in [-0.2, 0) is 6.42 Å². The number of H-pyrrole nitrogens is 2. The second-order valence-corrected chi connectivity index (χ2v) is 2.90. The van der Waals surface area contributed by atoms with Gasteiger partial charge in [-0.2, -0.15) is 5.26 Å². The van der Waals surface area contributed by atoms with E-state index in [-0.39, 0.29) is 5.56 Å².